The monoisotopic (exact) mass is 439 g/mol. The number of aryl methyl sites for hydroxylation is 2. The van der Waals surface area contributed by atoms with Crippen LogP contribution in [-0.4, -0.2) is 42.3 Å². The van der Waals surface area contributed by atoms with Crippen LogP contribution >= 0.6 is 0 Å². The maximum absolute atomic E-state index is 14.6. The van der Waals surface area contributed by atoms with Gasteiger partial charge >= 0.3 is 6.03 Å². The van der Waals surface area contributed by atoms with E-state index in [-0.39, 0.29) is 11.3 Å². The maximum Gasteiger partial charge on any atom is 0.319 e. The highest BCUT2D eigenvalue weighted by Crippen LogP contribution is 2.32. The highest BCUT2D eigenvalue weighted by atomic mass is 19.1. The van der Waals surface area contributed by atoms with Crippen molar-refractivity contribution in [3.8, 4) is 11.1 Å². The molecule has 3 N–H and O–H groups in total. The second-order valence-corrected chi connectivity index (χ2v) is 8.38. The molecular formula is C24H30FN5O2. The number of fused-ring (bicyclic) bond motifs is 1. The van der Waals surface area contributed by atoms with E-state index >= 15 is 0 Å². The quantitative estimate of drug-likeness (QED) is 0.480. The lowest BCUT2D eigenvalue weighted by Crippen LogP contribution is -2.34. The summed E-state index contributed by atoms with van der Waals surface area (Å²) in [5.74, 6) is 0.242. The summed E-state index contributed by atoms with van der Waals surface area (Å²) in [4.78, 5) is 21.4. The second-order valence-electron chi connectivity index (χ2n) is 8.38. The lowest BCUT2D eigenvalue weighted by molar-refractivity contribution is 0.0165. The summed E-state index contributed by atoms with van der Waals surface area (Å²) in [6.45, 7) is 8.03. The molecule has 0 spiro atoms. The number of nitrogens with zero attached hydrogens (tertiary/aromatic N) is 2. The van der Waals surface area contributed by atoms with Crippen LogP contribution in [0.5, 0.6) is 0 Å². The summed E-state index contributed by atoms with van der Waals surface area (Å²) < 4.78 is 20.0. The van der Waals surface area contributed by atoms with Crippen molar-refractivity contribution >= 4 is 28.4 Å². The number of carbonyl (C=O) groups excluding carboxylic acids is 1. The van der Waals surface area contributed by atoms with Gasteiger partial charge in [0.05, 0.1) is 16.8 Å². The van der Waals surface area contributed by atoms with Gasteiger partial charge in [-0.05, 0) is 63.4 Å². The normalized spacial score (nSPS) is 11.5. The zero-order chi connectivity index (χ0) is 23.5. The van der Waals surface area contributed by atoms with Gasteiger partial charge in [0.2, 0.25) is 0 Å². The Kier molecular flexibility index (Phi) is 6.93. The number of anilines is 2. The number of ether oxygens (including phenoxy) is 1. The second kappa shape index (κ2) is 9.48. The van der Waals surface area contributed by atoms with Crippen LogP contribution in [0.4, 0.5) is 20.7 Å². The highest BCUT2D eigenvalue weighted by molar-refractivity contribution is 5.92. The van der Waals surface area contributed by atoms with Crippen molar-refractivity contribution < 1.29 is 13.9 Å². The molecule has 3 rings (SSSR count). The summed E-state index contributed by atoms with van der Waals surface area (Å²) in [7, 11) is 3.43. The summed E-state index contributed by atoms with van der Waals surface area (Å²) >= 11 is 0. The third kappa shape index (κ3) is 5.31. The number of hydrogen-bond donors (Lipinski definition) is 3. The number of methoxy groups -OCH3 is 1. The van der Waals surface area contributed by atoms with Gasteiger partial charge in [-0.3, -0.25) is 4.98 Å². The van der Waals surface area contributed by atoms with E-state index < -0.39 is 11.8 Å². The van der Waals surface area contributed by atoms with Crippen LogP contribution in [-0.2, 0) is 4.74 Å². The predicted molar refractivity (Wildman–Crippen MR) is 127 cm³/mol. The van der Waals surface area contributed by atoms with Crippen LogP contribution < -0.4 is 16.0 Å². The Morgan fingerprint density at radius 2 is 1.91 bits per heavy atom. The van der Waals surface area contributed by atoms with Crippen molar-refractivity contribution in [1.29, 1.82) is 0 Å². The van der Waals surface area contributed by atoms with E-state index in [1.54, 1.807) is 26.4 Å². The number of rotatable bonds is 7. The van der Waals surface area contributed by atoms with E-state index in [0.717, 1.165) is 39.1 Å². The van der Waals surface area contributed by atoms with Crippen LogP contribution in [0.3, 0.4) is 0 Å². The topological polar surface area (TPSA) is 88.2 Å². The first kappa shape index (κ1) is 23.4. The Hall–Kier alpha value is -3.26. The number of nitrogens with one attached hydrogen (secondary N) is 3. The van der Waals surface area contributed by atoms with Crippen molar-refractivity contribution in [1.82, 2.24) is 15.3 Å². The van der Waals surface area contributed by atoms with Crippen LogP contribution in [0.2, 0.25) is 0 Å². The molecule has 0 fully saturated rings. The molecule has 0 aliphatic rings. The Morgan fingerprint density at radius 1 is 1.16 bits per heavy atom. The van der Waals surface area contributed by atoms with Crippen molar-refractivity contribution in [3.63, 3.8) is 0 Å². The zero-order valence-corrected chi connectivity index (χ0v) is 19.4. The van der Waals surface area contributed by atoms with Gasteiger partial charge in [-0.25, -0.2) is 14.2 Å². The smallest absolute Gasteiger partial charge is 0.319 e. The number of benzene rings is 1. The van der Waals surface area contributed by atoms with Gasteiger partial charge in [0.25, 0.3) is 0 Å². The SMILES string of the molecule is CNc1cc2nc(C)c(-c3cc(NC(=O)NCCC(C)(C)OC)c(F)cc3C)cc2cn1. The van der Waals surface area contributed by atoms with Gasteiger partial charge in [-0.1, -0.05) is 0 Å². The molecule has 0 bridgehead atoms. The Balaban J connectivity index is 1.87. The van der Waals surface area contributed by atoms with E-state index in [1.807, 2.05) is 39.8 Å². The number of urea groups is 1. The van der Waals surface area contributed by atoms with Gasteiger partial charge in [0.1, 0.15) is 11.6 Å². The molecule has 1 aromatic carbocycles. The molecule has 0 aliphatic heterocycles. The van der Waals surface area contributed by atoms with E-state index in [0.29, 0.717) is 13.0 Å². The first-order valence-electron chi connectivity index (χ1n) is 10.5. The average molecular weight is 440 g/mol. The van der Waals surface area contributed by atoms with Crippen molar-refractivity contribution in [2.45, 2.75) is 39.7 Å². The van der Waals surface area contributed by atoms with Crippen LogP contribution in [0.1, 0.15) is 31.5 Å². The minimum atomic E-state index is -0.495. The van der Waals surface area contributed by atoms with E-state index in [1.165, 1.54) is 6.07 Å². The van der Waals surface area contributed by atoms with Gasteiger partial charge in [0, 0.05) is 49.6 Å². The van der Waals surface area contributed by atoms with E-state index in [4.69, 9.17) is 9.72 Å². The van der Waals surface area contributed by atoms with Gasteiger partial charge in [-0.2, -0.15) is 0 Å². The molecule has 0 unspecified atom stereocenters. The molecule has 32 heavy (non-hydrogen) atoms. The van der Waals surface area contributed by atoms with Crippen LogP contribution in [0, 0.1) is 19.7 Å². The number of carbonyl (C=O) groups is 1. The lowest BCUT2D eigenvalue weighted by atomic mass is 9.97. The molecule has 0 aliphatic carbocycles. The molecule has 2 aromatic heterocycles. The lowest BCUT2D eigenvalue weighted by Gasteiger charge is -2.22. The summed E-state index contributed by atoms with van der Waals surface area (Å²) in [5.41, 5.74) is 3.79. The van der Waals surface area contributed by atoms with Gasteiger partial charge < -0.3 is 20.7 Å². The molecule has 2 heterocycles. The third-order valence-electron chi connectivity index (χ3n) is 5.56. The first-order chi connectivity index (χ1) is 15.1. The molecule has 7 nitrogen and oxygen atoms in total. The Bertz CT molecular complexity index is 1150. The first-order valence-corrected chi connectivity index (χ1v) is 10.5. The fourth-order valence-corrected chi connectivity index (χ4v) is 3.38. The molecule has 3 aromatic rings. The van der Waals surface area contributed by atoms with Crippen molar-refractivity contribution in [3.05, 3.63) is 47.5 Å². The summed E-state index contributed by atoms with van der Waals surface area (Å²) in [6.07, 6.45) is 2.38. The predicted octanol–water partition coefficient (Wildman–Crippen LogP) is 5.03. The highest BCUT2D eigenvalue weighted by Gasteiger charge is 2.17. The number of halogens is 1. The van der Waals surface area contributed by atoms with Crippen molar-refractivity contribution in [2.75, 3.05) is 31.3 Å². The fraction of sp³-hybridized carbons (Fsp3) is 0.375. The molecule has 0 radical (unpaired) electrons. The maximum atomic E-state index is 14.6. The number of pyridine rings is 2. The Morgan fingerprint density at radius 3 is 2.59 bits per heavy atom. The minimum absolute atomic E-state index is 0.109. The zero-order valence-electron chi connectivity index (χ0n) is 19.4. The van der Waals surface area contributed by atoms with Gasteiger partial charge in [0.15, 0.2) is 0 Å². The standard InChI is InChI=1S/C24H30FN5O2/c1-14-9-19(25)21(30-23(31)27-8-7-24(3,4)32-6)11-17(14)18-10-16-13-28-22(26-5)12-20(16)29-15(18)2/h9-13H,7-8H2,1-6H3,(H,26,28)(H2,27,30,31). The minimum Gasteiger partial charge on any atom is -0.379 e. The number of aromatic nitrogens is 2. The molecule has 2 amide bonds. The van der Waals surface area contributed by atoms with Crippen LogP contribution in [0.15, 0.2) is 30.5 Å². The largest absolute Gasteiger partial charge is 0.379 e. The molecule has 0 saturated carbocycles. The average Bonchev–Trinajstić information content (AvgIpc) is 2.74. The summed E-state index contributed by atoms with van der Waals surface area (Å²) in [5, 5.41) is 9.24. The third-order valence-corrected chi connectivity index (χ3v) is 5.56. The number of amides is 2. The molecule has 0 atom stereocenters. The fourth-order valence-electron chi connectivity index (χ4n) is 3.38. The van der Waals surface area contributed by atoms with Crippen molar-refractivity contribution in [2.24, 2.45) is 0 Å². The summed E-state index contributed by atoms with van der Waals surface area (Å²) in [6, 6.07) is 6.47. The Labute approximate surface area is 187 Å². The van der Waals surface area contributed by atoms with E-state index in [2.05, 4.69) is 20.9 Å². The molecule has 170 valence electrons. The number of hydrogen-bond acceptors (Lipinski definition) is 5. The molecular weight excluding hydrogens is 409 g/mol. The molecule has 0 saturated heterocycles. The van der Waals surface area contributed by atoms with E-state index in [9.17, 15) is 9.18 Å². The van der Waals surface area contributed by atoms with Crippen LogP contribution in [0.25, 0.3) is 22.0 Å². The van der Waals surface area contributed by atoms with Gasteiger partial charge in [-0.15, -0.1) is 0 Å². The molecule has 8 heteroatoms.